The summed E-state index contributed by atoms with van der Waals surface area (Å²) in [6.07, 6.45) is 4.45. The molecule has 0 spiro atoms. The quantitative estimate of drug-likeness (QED) is 0.864. The summed E-state index contributed by atoms with van der Waals surface area (Å²) < 4.78 is 5.33. The Morgan fingerprint density at radius 2 is 2.13 bits per heavy atom. The van der Waals surface area contributed by atoms with E-state index < -0.39 is 5.41 Å². The van der Waals surface area contributed by atoms with Gasteiger partial charge in [0.2, 0.25) is 0 Å². The van der Waals surface area contributed by atoms with Crippen molar-refractivity contribution in [1.29, 1.82) is 5.26 Å². The number of nitrogens with two attached hydrogens (primary N) is 1. The van der Waals surface area contributed by atoms with Gasteiger partial charge in [-0.2, -0.15) is 10.4 Å². The lowest BCUT2D eigenvalue weighted by Crippen LogP contribution is -2.34. The van der Waals surface area contributed by atoms with E-state index in [1.165, 1.54) is 6.33 Å². The molecule has 0 bridgehead atoms. The minimum atomic E-state index is -0.421. The molecule has 2 aromatic rings. The summed E-state index contributed by atoms with van der Waals surface area (Å²) in [6, 6.07) is 5.92. The van der Waals surface area contributed by atoms with Gasteiger partial charge in [-0.1, -0.05) is 0 Å². The average molecular weight is 311 g/mol. The first-order valence-corrected chi connectivity index (χ1v) is 7.34. The van der Waals surface area contributed by atoms with Crippen LogP contribution in [0.25, 0.3) is 11.3 Å². The average Bonchev–Trinajstić information content (AvgIpc) is 2.61. The molecule has 0 atom stereocenters. The Kier molecular flexibility index (Phi) is 4.30. The number of anilines is 2. The molecular formula is C15H17N7O. The van der Waals surface area contributed by atoms with Crippen molar-refractivity contribution >= 4 is 11.6 Å². The molecule has 2 aromatic heterocycles. The molecule has 3 heterocycles. The van der Waals surface area contributed by atoms with Gasteiger partial charge in [0.1, 0.15) is 18.0 Å². The minimum Gasteiger partial charge on any atom is -0.384 e. The van der Waals surface area contributed by atoms with Crippen molar-refractivity contribution in [3.8, 4) is 17.3 Å². The maximum atomic E-state index is 9.47. The molecule has 1 aliphatic heterocycles. The monoisotopic (exact) mass is 311 g/mol. The van der Waals surface area contributed by atoms with Gasteiger partial charge < -0.3 is 15.8 Å². The molecule has 3 N–H and O–H groups in total. The van der Waals surface area contributed by atoms with E-state index >= 15 is 0 Å². The molecule has 0 aliphatic carbocycles. The van der Waals surface area contributed by atoms with Crippen LogP contribution in [0.2, 0.25) is 0 Å². The van der Waals surface area contributed by atoms with Crippen LogP contribution in [0.5, 0.6) is 0 Å². The maximum Gasteiger partial charge on any atom is 0.149 e. The van der Waals surface area contributed by atoms with E-state index in [0.29, 0.717) is 49.9 Å². The van der Waals surface area contributed by atoms with Crippen LogP contribution in [0.15, 0.2) is 24.7 Å². The van der Waals surface area contributed by atoms with Gasteiger partial charge in [-0.25, -0.2) is 9.97 Å². The molecule has 0 unspecified atom stereocenters. The van der Waals surface area contributed by atoms with Crippen molar-refractivity contribution in [3.05, 3.63) is 24.7 Å². The van der Waals surface area contributed by atoms with Gasteiger partial charge >= 0.3 is 0 Å². The molecule has 118 valence electrons. The smallest absolute Gasteiger partial charge is 0.149 e. The number of aromatic nitrogens is 4. The zero-order valence-corrected chi connectivity index (χ0v) is 12.6. The SMILES string of the molecule is N#CC1(CNc2cc(-c3cc(N)ncn3)cnn2)CCOCC1. The maximum absolute atomic E-state index is 9.47. The second-order valence-corrected chi connectivity index (χ2v) is 5.52. The van der Waals surface area contributed by atoms with Crippen molar-refractivity contribution in [2.75, 3.05) is 30.8 Å². The molecule has 0 aromatic carbocycles. The van der Waals surface area contributed by atoms with E-state index in [0.717, 1.165) is 5.56 Å². The summed E-state index contributed by atoms with van der Waals surface area (Å²) in [5.41, 5.74) is 6.72. The highest BCUT2D eigenvalue weighted by molar-refractivity contribution is 5.63. The number of rotatable bonds is 4. The second-order valence-electron chi connectivity index (χ2n) is 5.52. The number of nitrogens with zero attached hydrogens (tertiary/aromatic N) is 5. The Bertz CT molecular complexity index is 722. The van der Waals surface area contributed by atoms with Crippen LogP contribution in [0.1, 0.15) is 12.8 Å². The van der Waals surface area contributed by atoms with Gasteiger partial charge in [0.15, 0.2) is 0 Å². The molecule has 0 saturated carbocycles. The fourth-order valence-corrected chi connectivity index (χ4v) is 2.47. The first-order valence-electron chi connectivity index (χ1n) is 7.34. The highest BCUT2D eigenvalue weighted by atomic mass is 16.5. The Balaban J connectivity index is 1.74. The highest BCUT2D eigenvalue weighted by Crippen LogP contribution is 2.30. The summed E-state index contributed by atoms with van der Waals surface area (Å²) in [5, 5.41) is 20.7. The van der Waals surface area contributed by atoms with Crippen molar-refractivity contribution in [2.24, 2.45) is 5.41 Å². The standard InChI is InChI=1S/C15H17N7O/c16-8-15(1-3-23-4-2-15)9-18-14-5-11(7-21-22-14)12-6-13(17)20-10-19-12/h5-7,10H,1-4,9H2,(H,18,22)(H2,17,19,20). The number of nitrogens with one attached hydrogen (secondary N) is 1. The molecule has 8 nitrogen and oxygen atoms in total. The summed E-state index contributed by atoms with van der Waals surface area (Å²) in [7, 11) is 0. The zero-order valence-electron chi connectivity index (χ0n) is 12.6. The predicted molar refractivity (Wildman–Crippen MR) is 84.1 cm³/mol. The summed E-state index contributed by atoms with van der Waals surface area (Å²) >= 11 is 0. The molecule has 3 rings (SSSR count). The number of nitrogen functional groups attached to an aromatic ring is 1. The first-order chi connectivity index (χ1) is 11.2. The van der Waals surface area contributed by atoms with Crippen molar-refractivity contribution in [3.63, 3.8) is 0 Å². The lowest BCUT2D eigenvalue weighted by atomic mass is 9.82. The predicted octanol–water partition coefficient (Wildman–Crippen LogP) is 1.25. The third kappa shape index (κ3) is 3.52. The Morgan fingerprint density at radius 3 is 2.87 bits per heavy atom. The number of nitriles is 1. The Labute approximate surface area is 133 Å². The molecule has 0 radical (unpaired) electrons. The van der Waals surface area contributed by atoms with Crippen LogP contribution in [-0.2, 0) is 4.74 Å². The van der Waals surface area contributed by atoms with Gasteiger partial charge in [-0.15, -0.1) is 5.10 Å². The second kappa shape index (κ2) is 6.54. The fraction of sp³-hybridized carbons (Fsp3) is 0.400. The summed E-state index contributed by atoms with van der Waals surface area (Å²) in [6.45, 7) is 1.74. The first kappa shape index (κ1) is 15.1. The Morgan fingerprint density at radius 1 is 1.30 bits per heavy atom. The number of ether oxygens (including phenoxy) is 1. The third-order valence-electron chi connectivity index (χ3n) is 3.93. The third-order valence-corrected chi connectivity index (χ3v) is 3.93. The van der Waals surface area contributed by atoms with Gasteiger partial charge in [-0.05, 0) is 18.9 Å². The highest BCUT2D eigenvalue weighted by Gasteiger charge is 2.32. The van der Waals surface area contributed by atoms with E-state index in [1.807, 2.05) is 6.07 Å². The normalized spacial score (nSPS) is 16.5. The lowest BCUT2D eigenvalue weighted by molar-refractivity contribution is 0.0455. The van der Waals surface area contributed by atoms with Crippen LogP contribution in [0.4, 0.5) is 11.6 Å². The van der Waals surface area contributed by atoms with Gasteiger partial charge in [0.05, 0.1) is 23.4 Å². The summed E-state index contributed by atoms with van der Waals surface area (Å²) in [5.74, 6) is 0.993. The minimum absolute atomic E-state index is 0.395. The molecule has 0 amide bonds. The largest absolute Gasteiger partial charge is 0.384 e. The number of hydrogen-bond acceptors (Lipinski definition) is 8. The molecule has 23 heavy (non-hydrogen) atoms. The van der Waals surface area contributed by atoms with Crippen LogP contribution < -0.4 is 11.1 Å². The topological polar surface area (TPSA) is 123 Å². The molecule has 1 saturated heterocycles. The van der Waals surface area contributed by atoms with Crippen molar-refractivity contribution in [1.82, 2.24) is 20.2 Å². The number of hydrogen-bond donors (Lipinski definition) is 2. The van der Waals surface area contributed by atoms with Crippen molar-refractivity contribution in [2.45, 2.75) is 12.8 Å². The summed E-state index contributed by atoms with van der Waals surface area (Å²) in [4.78, 5) is 8.05. The van der Waals surface area contributed by atoms with Crippen LogP contribution in [0, 0.1) is 16.7 Å². The van der Waals surface area contributed by atoms with Crippen LogP contribution in [-0.4, -0.2) is 39.9 Å². The van der Waals surface area contributed by atoms with Crippen molar-refractivity contribution < 1.29 is 4.74 Å². The van der Waals surface area contributed by atoms with Crippen LogP contribution >= 0.6 is 0 Å². The molecule has 1 aliphatic rings. The molecular weight excluding hydrogens is 294 g/mol. The van der Waals surface area contributed by atoms with E-state index in [-0.39, 0.29) is 0 Å². The molecule has 8 heteroatoms. The molecule has 1 fully saturated rings. The van der Waals surface area contributed by atoms with Gasteiger partial charge in [0.25, 0.3) is 0 Å². The van der Waals surface area contributed by atoms with Crippen LogP contribution in [0.3, 0.4) is 0 Å². The fourth-order valence-electron chi connectivity index (χ4n) is 2.47. The van der Waals surface area contributed by atoms with E-state index in [4.69, 9.17) is 10.5 Å². The van der Waals surface area contributed by atoms with E-state index in [2.05, 4.69) is 31.6 Å². The van der Waals surface area contributed by atoms with Gasteiger partial charge in [-0.3, -0.25) is 0 Å². The van der Waals surface area contributed by atoms with E-state index in [1.54, 1.807) is 12.3 Å². The lowest BCUT2D eigenvalue weighted by Gasteiger charge is -2.30. The van der Waals surface area contributed by atoms with E-state index in [9.17, 15) is 5.26 Å². The zero-order chi connectivity index (χ0) is 16.1. The Hall–Kier alpha value is -2.79. The van der Waals surface area contributed by atoms with Gasteiger partial charge in [0, 0.05) is 31.4 Å².